The van der Waals surface area contributed by atoms with Gasteiger partial charge in [-0.2, -0.15) is 0 Å². The molecule has 1 aliphatic carbocycles. The lowest BCUT2D eigenvalue weighted by Crippen LogP contribution is -2.54. The largest absolute Gasteiger partial charge is 0.493 e. The van der Waals surface area contributed by atoms with E-state index in [0.717, 1.165) is 43.5 Å². The van der Waals surface area contributed by atoms with Crippen molar-refractivity contribution in [3.63, 3.8) is 0 Å². The molecule has 2 fully saturated rings. The Morgan fingerprint density at radius 2 is 1.84 bits per heavy atom. The second-order valence-corrected chi connectivity index (χ2v) is 8.88. The van der Waals surface area contributed by atoms with Crippen molar-refractivity contribution in [2.75, 3.05) is 20.2 Å². The van der Waals surface area contributed by atoms with Crippen molar-refractivity contribution in [1.29, 1.82) is 0 Å². The minimum Gasteiger partial charge on any atom is -0.493 e. The van der Waals surface area contributed by atoms with E-state index in [-0.39, 0.29) is 24.0 Å². The van der Waals surface area contributed by atoms with Crippen molar-refractivity contribution in [1.82, 2.24) is 15.1 Å². The zero-order valence-corrected chi connectivity index (χ0v) is 18.3. The van der Waals surface area contributed by atoms with Crippen molar-refractivity contribution in [3.8, 4) is 5.75 Å². The van der Waals surface area contributed by atoms with Crippen molar-refractivity contribution in [3.05, 3.63) is 29.3 Å². The molecule has 3 aliphatic rings. The number of carbonyl (C=O) groups excluding carboxylic acids is 4. The normalized spacial score (nSPS) is 25.8. The first-order valence-corrected chi connectivity index (χ1v) is 11.3. The van der Waals surface area contributed by atoms with E-state index in [1.807, 2.05) is 0 Å². The Labute approximate surface area is 187 Å². The van der Waals surface area contributed by atoms with Gasteiger partial charge in [0.15, 0.2) is 0 Å². The summed E-state index contributed by atoms with van der Waals surface area (Å²) in [6.07, 6.45) is 5.33. The van der Waals surface area contributed by atoms with Crippen molar-refractivity contribution in [2.45, 2.75) is 63.1 Å². The number of amides is 4. The average molecular weight is 443 g/mol. The van der Waals surface area contributed by atoms with E-state index in [2.05, 4.69) is 17.3 Å². The molecular formula is C23H30N4O5. The maximum absolute atomic E-state index is 13.1. The van der Waals surface area contributed by atoms with Gasteiger partial charge in [0.1, 0.15) is 11.8 Å². The van der Waals surface area contributed by atoms with Crippen LogP contribution in [0.4, 0.5) is 0 Å². The Balaban J connectivity index is 1.37. The molecule has 1 saturated carbocycles. The third kappa shape index (κ3) is 4.40. The molecule has 0 radical (unpaired) electrons. The molecule has 0 aromatic heterocycles. The highest BCUT2D eigenvalue weighted by Crippen LogP contribution is 2.33. The molecule has 4 amide bonds. The third-order valence-corrected chi connectivity index (χ3v) is 6.71. The number of rotatable bonds is 7. The molecule has 172 valence electrons. The molecule has 2 heterocycles. The van der Waals surface area contributed by atoms with Crippen molar-refractivity contribution < 1.29 is 23.9 Å². The van der Waals surface area contributed by atoms with E-state index in [4.69, 9.17) is 10.5 Å². The maximum atomic E-state index is 13.1. The van der Waals surface area contributed by atoms with Crippen LogP contribution in [0.15, 0.2) is 18.2 Å². The van der Waals surface area contributed by atoms with Gasteiger partial charge in [-0.05, 0) is 57.7 Å². The van der Waals surface area contributed by atoms with Gasteiger partial charge < -0.3 is 15.4 Å². The molecule has 4 rings (SSSR count). The van der Waals surface area contributed by atoms with E-state index in [1.165, 1.54) is 0 Å². The highest BCUT2D eigenvalue weighted by molar-refractivity contribution is 6.24. The number of hydrogen-bond donors (Lipinski definition) is 2. The van der Waals surface area contributed by atoms with Crippen LogP contribution in [0.3, 0.4) is 0 Å². The van der Waals surface area contributed by atoms with Gasteiger partial charge in [-0.3, -0.25) is 29.4 Å². The van der Waals surface area contributed by atoms with Crippen molar-refractivity contribution in [2.24, 2.45) is 5.73 Å². The molecule has 0 spiro atoms. The predicted molar refractivity (Wildman–Crippen MR) is 116 cm³/mol. The number of ether oxygens (including phenoxy) is 1. The number of hydrogen-bond acceptors (Lipinski definition) is 7. The summed E-state index contributed by atoms with van der Waals surface area (Å²) in [5.74, 6) is -1.74. The van der Waals surface area contributed by atoms with Gasteiger partial charge in [-0.1, -0.05) is 6.07 Å². The highest BCUT2D eigenvalue weighted by atomic mass is 16.5. The molecule has 2 aliphatic heterocycles. The maximum Gasteiger partial charge on any atom is 0.266 e. The molecule has 1 atom stereocenters. The monoisotopic (exact) mass is 442 g/mol. The van der Waals surface area contributed by atoms with Crippen LogP contribution in [-0.2, 0) is 9.59 Å². The number of nitrogens with one attached hydrogen (secondary N) is 1. The molecule has 1 unspecified atom stereocenters. The van der Waals surface area contributed by atoms with Gasteiger partial charge in [0.25, 0.3) is 11.8 Å². The Hall–Kier alpha value is -2.78. The lowest BCUT2D eigenvalue weighted by Gasteiger charge is -2.33. The third-order valence-electron chi connectivity index (χ3n) is 6.71. The molecule has 9 heteroatoms. The van der Waals surface area contributed by atoms with E-state index < -0.39 is 29.7 Å². The second-order valence-electron chi connectivity index (χ2n) is 8.88. The molecule has 3 N–H and O–H groups in total. The summed E-state index contributed by atoms with van der Waals surface area (Å²) in [5.41, 5.74) is 6.41. The fourth-order valence-corrected chi connectivity index (χ4v) is 4.83. The van der Waals surface area contributed by atoms with Crippen LogP contribution in [0, 0.1) is 0 Å². The topological polar surface area (TPSA) is 122 Å². The standard InChI is InChI=1S/C23H30N4O5/c1-26(15-8-6-14(24)7-9-15)12-3-13-32-18-5-2-4-16-20(18)23(31)27(22(16)30)17-10-11-19(28)25-21(17)29/h2,4-5,14-15,17H,3,6-13,24H2,1H3,(H,25,28,29). The fourth-order valence-electron chi connectivity index (χ4n) is 4.83. The quantitative estimate of drug-likeness (QED) is 0.478. The highest BCUT2D eigenvalue weighted by Gasteiger charge is 2.46. The molecule has 0 bridgehead atoms. The SMILES string of the molecule is CN(CCCOc1cccc2c1C(=O)N(C1CCC(=O)NC1=O)C2=O)C1CCC(N)CC1. The number of benzene rings is 1. The van der Waals surface area contributed by atoms with Gasteiger partial charge in [-0.15, -0.1) is 0 Å². The molecular weight excluding hydrogens is 412 g/mol. The Morgan fingerprint density at radius 3 is 2.56 bits per heavy atom. The zero-order valence-electron chi connectivity index (χ0n) is 18.3. The summed E-state index contributed by atoms with van der Waals surface area (Å²) in [6.45, 7) is 1.27. The van der Waals surface area contributed by atoms with E-state index in [1.54, 1.807) is 18.2 Å². The summed E-state index contributed by atoms with van der Waals surface area (Å²) in [6, 6.07) is 4.79. The lowest BCUT2D eigenvalue weighted by atomic mass is 9.91. The van der Waals surface area contributed by atoms with Crippen LogP contribution in [0.25, 0.3) is 0 Å². The van der Waals surface area contributed by atoms with Gasteiger partial charge in [0.05, 0.1) is 17.7 Å². The van der Waals surface area contributed by atoms with Gasteiger partial charge >= 0.3 is 0 Å². The summed E-state index contributed by atoms with van der Waals surface area (Å²) in [5, 5.41) is 2.20. The van der Waals surface area contributed by atoms with Crippen molar-refractivity contribution >= 4 is 23.6 Å². The molecule has 1 aromatic carbocycles. The zero-order chi connectivity index (χ0) is 22.8. The van der Waals surface area contributed by atoms with Crippen LogP contribution in [-0.4, -0.2) is 71.8 Å². The van der Waals surface area contributed by atoms with Crippen LogP contribution in [0.5, 0.6) is 5.75 Å². The number of carbonyl (C=O) groups is 4. The number of imide groups is 2. The second kappa shape index (κ2) is 9.38. The van der Waals surface area contributed by atoms with Gasteiger partial charge in [0.2, 0.25) is 11.8 Å². The molecule has 1 saturated heterocycles. The fraction of sp³-hybridized carbons (Fsp3) is 0.565. The van der Waals surface area contributed by atoms with E-state index in [9.17, 15) is 19.2 Å². The summed E-state index contributed by atoms with van der Waals surface area (Å²) in [7, 11) is 2.11. The van der Waals surface area contributed by atoms with Crippen LogP contribution >= 0.6 is 0 Å². The first kappa shape index (κ1) is 22.4. The molecule has 32 heavy (non-hydrogen) atoms. The van der Waals surface area contributed by atoms with E-state index >= 15 is 0 Å². The Bertz CT molecular complexity index is 925. The summed E-state index contributed by atoms with van der Waals surface area (Å²) in [4.78, 5) is 52.9. The minimum absolute atomic E-state index is 0.0909. The number of piperidine rings is 1. The summed E-state index contributed by atoms with van der Waals surface area (Å²) >= 11 is 0. The smallest absolute Gasteiger partial charge is 0.266 e. The first-order valence-electron chi connectivity index (χ1n) is 11.3. The average Bonchev–Trinajstić information content (AvgIpc) is 3.02. The molecule has 1 aromatic rings. The van der Waals surface area contributed by atoms with Crippen LogP contribution in [0.2, 0.25) is 0 Å². The van der Waals surface area contributed by atoms with Gasteiger partial charge in [-0.25, -0.2) is 0 Å². The summed E-state index contributed by atoms with van der Waals surface area (Å²) < 4.78 is 5.90. The Morgan fingerprint density at radius 1 is 1.09 bits per heavy atom. The minimum atomic E-state index is -0.981. The predicted octanol–water partition coefficient (Wildman–Crippen LogP) is 1.06. The number of nitrogens with zero attached hydrogens (tertiary/aromatic N) is 2. The number of fused-ring (bicyclic) bond motifs is 1. The molecule has 9 nitrogen and oxygen atoms in total. The van der Waals surface area contributed by atoms with Crippen LogP contribution < -0.4 is 15.8 Å². The van der Waals surface area contributed by atoms with Crippen LogP contribution in [0.1, 0.15) is 65.7 Å². The number of nitrogens with two attached hydrogens (primary N) is 1. The first-order chi connectivity index (χ1) is 15.4. The van der Waals surface area contributed by atoms with Gasteiger partial charge in [0, 0.05) is 25.0 Å². The lowest BCUT2D eigenvalue weighted by molar-refractivity contribution is -0.136. The Kier molecular flexibility index (Phi) is 6.57. The van der Waals surface area contributed by atoms with E-state index in [0.29, 0.717) is 24.4 Å².